The van der Waals surface area contributed by atoms with E-state index in [9.17, 15) is 4.79 Å². The summed E-state index contributed by atoms with van der Waals surface area (Å²) in [5.41, 5.74) is 3.00. The molecule has 1 amide bonds. The van der Waals surface area contributed by atoms with Crippen LogP contribution in [0.1, 0.15) is 22.5 Å². The molecule has 160 valence electrons. The highest BCUT2D eigenvalue weighted by molar-refractivity contribution is 5.91. The molecule has 32 heavy (non-hydrogen) atoms. The summed E-state index contributed by atoms with van der Waals surface area (Å²) in [6.45, 7) is 1.35. The van der Waals surface area contributed by atoms with Gasteiger partial charge in [0.1, 0.15) is 18.1 Å². The van der Waals surface area contributed by atoms with Crippen molar-refractivity contribution in [3.8, 4) is 5.75 Å². The standard InChI is InChI=1S/C27H24N2O3/c30-27(29(20-26-9-5-17-31-26)19-24-8-4-16-28-18-24)15-12-22-10-13-25(14-11-22)32-21-23-6-2-1-3-7-23/h1-18H,19-21H2. The van der Waals surface area contributed by atoms with Gasteiger partial charge in [-0.15, -0.1) is 0 Å². The smallest absolute Gasteiger partial charge is 0.247 e. The molecule has 0 N–H and O–H groups in total. The van der Waals surface area contributed by atoms with Gasteiger partial charge in [0, 0.05) is 25.0 Å². The number of nitrogens with zero attached hydrogens (tertiary/aromatic N) is 2. The molecule has 0 aliphatic heterocycles. The zero-order chi connectivity index (χ0) is 22.0. The second-order valence-electron chi connectivity index (χ2n) is 7.31. The van der Waals surface area contributed by atoms with Crippen molar-refractivity contribution in [2.75, 3.05) is 0 Å². The van der Waals surface area contributed by atoms with Crippen LogP contribution in [0, 0.1) is 0 Å². The highest BCUT2D eigenvalue weighted by Gasteiger charge is 2.14. The summed E-state index contributed by atoms with van der Waals surface area (Å²) < 4.78 is 11.3. The van der Waals surface area contributed by atoms with E-state index < -0.39 is 0 Å². The molecule has 0 spiro atoms. The Bertz CT molecular complexity index is 1120. The van der Waals surface area contributed by atoms with Crippen molar-refractivity contribution in [2.45, 2.75) is 19.7 Å². The average molecular weight is 425 g/mol. The number of rotatable bonds is 9. The van der Waals surface area contributed by atoms with E-state index in [1.54, 1.807) is 29.6 Å². The Balaban J connectivity index is 1.38. The van der Waals surface area contributed by atoms with E-state index in [0.29, 0.717) is 19.7 Å². The van der Waals surface area contributed by atoms with Gasteiger partial charge in [-0.2, -0.15) is 0 Å². The van der Waals surface area contributed by atoms with Gasteiger partial charge in [-0.25, -0.2) is 0 Å². The first-order valence-corrected chi connectivity index (χ1v) is 10.4. The lowest BCUT2D eigenvalue weighted by Gasteiger charge is -2.20. The fourth-order valence-electron chi connectivity index (χ4n) is 3.20. The third-order valence-electron chi connectivity index (χ3n) is 4.88. The number of hydrogen-bond donors (Lipinski definition) is 0. The lowest BCUT2D eigenvalue weighted by molar-refractivity contribution is -0.127. The van der Waals surface area contributed by atoms with E-state index in [4.69, 9.17) is 9.15 Å². The average Bonchev–Trinajstić information content (AvgIpc) is 3.36. The zero-order valence-corrected chi connectivity index (χ0v) is 17.6. The van der Waals surface area contributed by atoms with Crippen molar-refractivity contribution in [1.29, 1.82) is 0 Å². The molecule has 0 unspecified atom stereocenters. The summed E-state index contributed by atoms with van der Waals surface area (Å²) in [5.74, 6) is 1.42. The molecular weight excluding hydrogens is 400 g/mol. The number of aromatic nitrogens is 1. The Morgan fingerprint density at radius 2 is 1.72 bits per heavy atom. The summed E-state index contributed by atoms with van der Waals surface area (Å²) in [6.07, 6.45) is 8.48. The highest BCUT2D eigenvalue weighted by Crippen LogP contribution is 2.16. The number of ether oxygens (including phenoxy) is 1. The van der Waals surface area contributed by atoms with E-state index in [2.05, 4.69) is 4.98 Å². The Kier molecular flexibility index (Phi) is 7.11. The normalized spacial score (nSPS) is 10.9. The molecule has 2 aromatic carbocycles. The molecule has 0 aliphatic carbocycles. The van der Waals surface area contributed by atoms with Gasteiger partial charge in [0.15, 0.2) is 0 Å². The van der Waals surface area contributed by atoms with Crippen LogP contribution < -0.4 is 4.74 Å². The fraction of sp³-hybridized carbons (Fsp3) is 0.111. The van der Waals surface area contributed by atoms with E-state index in [0.717, 1.165) is 28.2 Å². The Morgan fingerprint density at radius 1 is 0.906 bits per heavy atom. The first-order valence-electron chi connectivity index (χ1n) is 10.4. The Morgan fingerprint density at radius 3 is 2.44 bits per heavy atom. The van der Waals surface area contributed by atoms with Gasteiger partial charge in [-0.3, -0.25) is 9.78 Å². The van der Waals surface area contributed by atoms with Crippen molar-refractivity contribution >= 4 is 12.0 Å². The molecular formula is C27H24N2O3. The molecule has 0 bridgehead atoms. The molecule has 5 heteroatoms. The van der Waals surface area contributed by atoms with Crippen LogP contribution in [0.3, 0.4) is 0 Å². The van der Waals surface area contributed by atoms with Crippen molar-refractivity contribution in [3.63, 3.8) is 0 Å². The number of pyridine rings is 1. The van der Waals surface area contributed by atoms with Crippen molar-refractivity contribution in [2.24, 2.45) is 0 Å². The van der Waals surface area contributed by atoms with Gasteiger partial charge in [0.2, 0.25) is 5.91 Å². The first-order chi connectivity index (χ1) is 15.8. The molecule has 0 aliphatic rings. The molecule has 0 saturated carbocycles. The molecule has 2 heterocycles. The third-order valence-corrected chi connectivity index (χ3v) is 4.88. The van der Waals surface area contributed by atoms with Crippen LogP contribution in [-0.4, -0.2) is 15.8 Å². The second kappa shape index (κ2) is 10.8. The predicted molar refractivity (Wildman–Crippen MR) is 123 cm³/mol. The van der Waals surface area contributed by atoms with E-state index >= 15 is 0 Å². The van der Waals surface area contributed by atoms with Crippen LogP contribution in [0.2, 0.25) is 0 Å². The molecule has 2 aromatic heterocycles. The maximum Gasteiger partial charge on any atom is 0.247 e. The number of amides is 1. The second-order valence-corrected chi connectivity index (χ2v) is 7.31. The number of furan rings is 1. The van der Waals surface area contributed by atoms with E-state index in [-0.39, 0.29) is 5.91 Å². The molecule has 4 rings (SSSR count). The van der Waals surface area contributed by atoms with Gasteiger partial charge in [0.05, 0.1) is 12.8 Å². The molecule has 0 atom stereocenters. The van der Waals surface area contributed by atoms with Crippen LogP contribution in [0.25, 0.3) is 6.08 Å². The van der Waals surface area contributed by atoms with Crippen molar-refractivity contribution < 1.29 is 13.9 Å². The van der Waals surface area contributed by atoms with Crippen molar-refractivity contribution in [1.82, 2.24) is 9.88 Å². The monoisotopic (exact) mass is 424 g/mol. The van der Waals surface area contributed by atoms with Gasteiger partial charge in [-0.05, 0) is 53.1 Å². The van der Waals surface area contributed by atoms with Crippen molar-refractivity contribution in [3.05, 3.63) is 126 Å². The molecule has 4 aromatic rings. The summed E-state index contributed by atoms with van der Waals surface area (Å²) in [5, 5.41) is 0. The number of carbonyl (C=O) groups is 1. The quantitative estimate of drug-likeness (QED) is 0.333. The number of hydrogen-bond acceptors (Lipinski definition) is 4. The molecule has 5 nitrogen and oxygen atoms in total. The van der Waals surface area contributed by atoms with Gasteiger partial charge < -0.3 is 14.1 Å². The van der Waals surface area contributed by atoms with Gasteiger partial charge >= 0.3 is 0 Å². The SMILES string of the molecule is O=C(C=Cc1ccc(OCc2ccccc2)cc1)N(Cc1cccnc1)Cc1ccco1. The summed E-state index contributed by atoms with van der Waals surface area (Å²) in [4.78, 5) is 18.8. The Labute approximate surface area is 187 Å². The Hall–Kier alpha value is -4.12. The summed E-state index contributed by atoms with van der Waals surface area (Å²) >= 11 is 0. The lowest BCUT2D eigenvalue weighted by Crippen LogP contribution is -2.28. The van der Waals surface area contributed by atoms with Crippen LogP contribution in [-0.2, 0) is 24.5 Å². The zero-order valence-electron chi connectivity index (χ0n) is 17.6. The topological polar surface area (TPSA) is 55.6 Å². The van der Waals surface area contributed by atoms with Crippen LogP contribution in [0.5, 0.6) is 5.75 Å². The minimum absolute atomic E-state index is 0.102. The van der Waals surface area contributed by atoms with Gasteiger partial charge in [0.25, 0.3) is 0 Å². The number of benzene rings is 2. The third kappa shape index (κ3) is 6.19. The van der Waals surface area contributed by atoms with Gasteiger partial charge in [-0.1, -0.05) is 48.5 Å². The minimum atomic E-state index is -0.102. The first kappa shape index (κ1) is 21.1. The minimum Gasteiger partial charge on any atom is -0.489 e. The molecule has 0 saturated heterocycles. The molecule has 0 fully saturated rings. The number of carbonyl (C=O) groups excluding carboxylic acids is 1. The fourth-order valence-corrected chi connectivity index (χ4v) is 3.20. The largest absolute Gasteiger partial charge is 0.489 e. The van der Waals surface area contributed by atoms with E-state index in [1.807, 2.05) is 84.9 Å². The summed E-state index contributed by atoms with van der Waals surface area (Å²) in [6, 6.07) is 25.2. The molecule has 0 radical (unpaired) electrons. The van der Waals surface area contributed by atoms with Crippen LogP contribution in [0.15, 0.2) is 108 Å². The summed E-state index contributed by atoms with van der Waals surface area (Å²) in [7, 11) is 0. The van der Waals surface area contributed by atoms with Crippen LogP contribution in [0.4, 0.5) is 0 Å². The highest BCUT2D eigenvalue weighted by atomic mass is 16.5. The lowest BCUT2D eigenvalue weighted by atomic mass is 10.2. The maximum atomic E-state index is 12.9. The predicted octanol–water partition coefficient (Wildman–Crippen LogP) is 5.50. The van der Waals surface area contributed by atoms with E-state index in [1.165, 1.54) is 0 Å². The maximum absolute atomic E-state index is 12.9. The van der Waals surface area contributed by atoms with Crippen LogP contribution >= 0.6 is 0 Å².